The van der Waals surface area contributed by atoms with Gasteiger partial charge in [-0.25, -0.2) is 4.99 Å². The Morgan fingerprint density at radius 3 is 2.66 bits per heavy atom. The van der Waals surface area contributed by atoms with E-state index in [-0.39, 0.29) is 42.5 Å². The SMILES string of the molecule is Cc1ccc(C(CNC(=NCC(=O)N(C)C)NCCc2ccco2)N2CCOCC2)s1.I. The Bertz CT molecular complexity index is 834. The standard InChI is InChI=1S/C22H33N5O3S.HI/c1-17-6-7-20(31-17)19(27-10-13-29-14-11-27)15-24-22(25-16-21(28)26(2)3)23-9-8-18-5-4-12-30-18;/h4-7,12,19H,8-11,13-16H2,1-3H3,(H2,23,24,25);1H. The van der Waals surface area contributed by atoms with E-state index in [9.17, 15) is 4.79 Å². The van der Waals surface area contributed by atoms with Crippen LogP contribution in [0.2, 0.25) is 0 Å². The number of aryl methyl sites for hydroxylation is 1. The van der Waals surface area contributed by atoms with Crippen molar-refractivity contribution < 1.29 is 13.9 Å². The fourth-order valence-corrected chi connectivity index (χ4v) is 4.36. The van der Waals surface area contributed by atoms with Crippen LogP contribution in [0, 0.1) is 6.92 Å². The van der Waals surface area contributed by atoms with E-state index in [1.54, 1.807) is 25.3 Å². The number of amides is 1. The number of guanidine groups is 1. The molecule has 0 saturated carbocycles. The number of thiophene rings is 1. The fraction of sp³-hybridized carbons (Fsp3) is 0.545. The zero-order valence-electron chi connectivity index (χ0n) is 19.0. The summed E-state index contributed by atoms with van der Waals surface area (Å²) in [5.74, 6) is 1.51. The lowest BCUT2D eigenvalue weighted by Gasteiger charge is -2.34. The van der Waals surface area contributed by atoms with E-state index < -0.39 is 0 Å². The predicted octanol–water partition coefficient (Wildman–Crippen LogP) is 2.51. The summed E-state index contributed by atoms with van der Waals surface area (Å²) in [6.45, 7) is 6.90. The summed E-state index contributed by atoms with van der Waals surface area (Å²) in [6.07, 6.45) is 2.42. The maximum absolute atomic E-state index is 12.0. The van der Waals surface area contributed by atoms with Crippen molar-refractivity contribution in [2.75, 3.05) is 60.0 Å². The number of nitrogens with one attached hydrogen (secondary N) is 2. The molecule has 32 heavy (non-hydrogen) atoms. The third-order valence-corrected chi connectivity index (χ3v) is 6.26. The summed E-state index contributed by atoms with van der Waals surface area (Å²) >= 11 is 1.82. The number of rotatable bonds is 9. The molecule has 1 atom stereocenters. The van der Waals surface area contributed by atoms with Crippen LogP contribution in [0.1, 0.15) is 21.6 Å². The first-order chi connectivity index (χ1) is 15.0. The van der Waals surface area contributed by atoms with Crippen molar-refractivity contribution in [3.05, 3.63) is 46.0 Å². The van der Waals surface area contributed by atoms with Gasteiger partial charge in [0.1, 0.15) is 12.3 Å². The highest BCUT2D eigenvalue weighted by molar-refractivity contribution is 14.0. The molecule has 0 spiro atoms. The highest BCUT2D eigenvalue weighted by Gasteiger charge is 2.24. The molecule has 1 aliphatic rings. The van der Waals surface area contributed by atoms with Crippen LogP contribution in [0.3, 0.4) is 0 Å². The van der Waals surface area contributed by atoms with Crippen molar-refractivity contribution in [1.82, 2.24) is 20.4 Å². The zero-order valence-corrected chi connectivity index (χ0v) is 22.2. The number of carbonyl (C=O) groups is 1. The number of hydrogen-bond donors (Lipinski definition) is 2. The minimum absolute atomic E-state index is 0. The summed E-state index contributed by atoms with van der Waals surface area (Å²) in [5.41, 5.74) is 0. The molecule has 1 unspecified atom stereocenters. The predicted molar refractivity (Wildman–Crippen MR) is 139 cm³/mol. The van der Waals surface area contributed by atoms with E-state index in [0.717, 1.165) is 38.5 Å². The molecule has 178 valence electrons. The van der Waals surface area contributed by atoms with Crippen LogP contribution in [-0.4, -0.2) is 81.7 Å². The number of likely N-dealkylation sites (N-methyl/N-ethyl adjacent to an activating group) is 1. The monoisotopic (exact) mass is 575 g/mol. The Morgan fingerprint density at radius 2 is 2.03 bits per heavy atom. The smallest absolute Gasteiger partial charge is 0.243 e. The van der Waals surface area contributed by atoms with Gasteiger partial charge in [-0.3, -0.25) is 9.69 Å². The molecule has 8 nitrogen and oxygen atoms in total. The third kappa shape index (κ3) is 8.38. The van der Waals surface area contributed by atoms with Crippen LogP contribution in [0.4, 0.5) is 0 Å². The number of hydrogen-bond acceptors (Lipinski definition) is 6. The lowest BCUT2D eigenvalue weighted by atomic mass is 10.2. The van der Waals surface area contributed by atoms with Gasteiger partial charge in [0.05, 0.1) is 25.5 Å². The van der Waals surface area contributed by atoms with Crippen LogP contribution in [0.5, 0.6) is 0 Å². The Kier molecular flexibility index (Phi) is 11.5. The van der Waals surface area contributed by atoms with Crippen molar-refractivity contribution in [1.29, 1.82) is 0 Å². The zero-order chi connectivity index (χ0) is 22.1. The van der Waals surface area contributed by atoms with Gasteiger partial charge in [0, 0.05) is 56.4 Å². The van der Waals surface area contributed by atoms with E-state index in [1.807, 2.05) is 23.5 Å². The maximum Gasteiger partial charge on any atom is 0.243 e. The molecule has 1 fully saturated rings. The summed E-state index contributed by atoms with van der Waals surface area (Å²) in [4.78, 5) is 23.2. The Labute approximate surface area is 211 Å². The highest BCUT2D eigenvalue weighted by Crippen LogP contribution is 2.27. The van der Waals surface area contributed by atoms with Gasteiger partial charge in [0.15, 0.2) is 5.96 Å². The molecular formula is C22H34IN5O3S. The Morgan fingerprint density at radius 1 is 1.25 bits per heavy atom. The third-order valence-electron chi connectivity index (χ3n) is 5.15. The maximum atomic E-state index is 12.0. The number of carbonyl (C=O) groups excluding carboxylic acids is 1. The van der Waals surface area contributed by atoms with E-state index in [4.69, 9.17) is 9.15 Å². The molecule has 0 aromatic carbocycles. The van der Waals surface area contributed by atoms with Gasteiger partial charge < -0.3 is 24.7 Å². The molecule has 10 heteroatoms. The van der Waals surface area contributed by atoms with E-state index in [2.05, 4.69) is 39.6 Å². The normalized spacial score (nSPS) is 15.7. The Balaban J connectivity index is 0.00000363. The number of aliphatic imine (C=N–C) groups is 1. The summed E-state index contributed by atoms with van der Waals surface area (Å²) < 4.78 is 11.0. The molecule has 3 heterocycles. The van der Waals surface area contributed by atoms with Crippen molar-refractivity contribution in [3.8, 4) is 0 Å². The molecule has 3 rings (SSSR count). The average molecular weight is 576 g/mol. The number of morpholine rings is 1. The van der Waals surface area contributed by atoms with Gasteiger partial charge in [-0.1, -0.05) is 0 Å². The van der Waals surface area contributed by atoms with Gasteiger partial charge in [-0.15, -0.1) is 35.3 Å². The lowest BCUT2D eigenvalue weighted by molar-refractivity contribution is -0.127. The summed E-state index contributed by atoms with van der Waals surface area (Å²) in [7, 11) is 3.48. The molecule has 0 aliphatic carbocycles. The fourth-order valence-electron chi connectivity index (χ4n) is 3.35. The molecule has 1 saturated heterocycles. The van der Waals surface area contributed by atoms with E-state index >= 15 is 0 Å². The second-order valence-corrected chi connectivity index (χ2v) is 9.02. The minimum atomic E-state index is -0.0363. The first kappa shape index (κ1) is 26.6. The number of furan rings is 1. The molecule has 0 radical (unpaired) electrons. The number of halogens is 1. The molecule has 2 aromatic heterocycles. The molecule has 0 bridgehead atoms. The molecular weight excluding hydrogens is 541 g/mol. The van der Waals surface area contributed by atoms with Crippen LogP contribution < -0.4 is 10.6 Å². The number of ether oxygens (including phenoxy) is 1. The second-order valence-electron chi connectivity index (χ2n) is 7.70. The topological polar surface area (TPSA) is 82.3 Å². The van der Waals surface area contributed by atoms with Crippen molar-refractivity contribution in [2.24, 2.45) is 4.99 Å². The number of nitrogens with zero attached hydrogens (tertiary/aromatic N) is 3. The first-order valence-electron chi connectivity index (χ1n) is 10.7. The first-order valence-corrected chi connectivity index (χ1v) is 11.5. The molecule has 2 N–H and O–H groups in total. The molecule has 1 aliphatic heterocycles. The molecule has 2 aromatic rings. The van der Waals surface area contributed by atoms with Crippen LogP contribution in [0.25, 0.3) is 0 Å². The summed E-state index contributed by atoms with van der Waals surface area (Å²) in [5, 5.41) is 6.80. The summed E-state index contributed by atoms with van der Waals surface area (Å²) in [6, 6.07) is 8.44. The lowest BCUT2D eigenvalue weighted by Crippen LogP contribution is -2.46. The van der Waals surface area contributed by atoms with E-state index in [0.29, 0.717) is 19.0 Å². The van der Waals surface area contributed by atoms with Crippen molar-refractivity contribution >= 4 is 47.2 Å². The quantitative estimate of drug-likeness (QED) is 0.272. The highest BCUT2D eigenvalue weighted by atomic mass is 127. The minimum Gasteiger partial charge on any atom is -0.469 e. The second kappa shape index (κ2) is 13.8. The van der Waals surface area contributed by atoms with Crippen molar-refractivity contribution in [2.45, 2.75) is 19.4 Å². The van der Waals surface area contributed by atoms with Crippen LogP contribution >= 0.6 is 35.3 Å². The van der Waals surface area contributed by atoms with Crippen LogP contribution in [0.15, 0.2) is 39.9 Å². The van der Waals surface area contributed by atoms with Gasteiger partial charge in [0.25, 0.3) is 0 Å². The largest absolute Gasteiger partial charge is 0.469 e. The Hall–Kier alpha value is -1.63. The van der Waals surface area contributed by atoms with Gasteiger partial charge in [-0.05, 0) is 31.2 Å². The average Bonchev–Trinajstić information content (AvgIpc) is 3.44. The van der Waals surface area contributed by atoms with Gasteiger partial charge in [0.2, 0.25) is 5.91 Å². The van der Waals surface area contributed by atoms with Crippen molar-refractivity contribution in [3.63, 3.8) is 0 Å². The molecule has 1 amide bonds. The van der Waals surface area contributed by atoms with Gasteiger partial charge >= 0.3 is 0 Å². The van der Waals surface area contributed by atoms with Gasteiger partial charge in [-0.2, -0.15) is 0 Å². The van der Waals surface area contributed by atoms with E-state index in [1.165, 1.54) is 9.75 Å². The van der Waals surface area contributed by atoms with Crippen LogP contribution in [-0.2, 0) is 16.0 Å².